The zero-order chi connectivity index (χ0) is 22.9. The summed E-state index contributed by atoms with van der Waals surface area (Å²) in [5.41, 5.74) is 6.64. The van der Waals surface area contributed by atoms with Crippen LogP contribution in [0.1, 0.15) is 34.0 Å². The number of hydrogen-bond donors (Lipinski definition) is 2. The zero-order valence-electron chi connectivity index (χ0n) is 18.9. The van der Waals surface area contributed by atoms with Crippen molar-refractivity contribution >= 4 is 16.9 Å². The number of carbonyl (C=O) groups excluding carboxylic acids is 1. The second-order valence-corrected chi connectivity index (χ2v) is 8.58. The van der Waals surface area contributed by atoms with E-state index in [0.717, 1.165) is 34.5 Å². The molecule has 0 spiro atoms. The van der Waals surface area contributed by atoms with Crippen LogP contribution in [0.4, 0.5) is 4.79 Å². The number of aryl methyl sites for hydroxylation is 1. The molecule has 3 aromatic carbocycles. The summed E-state index contributed by atoms with van der Waals surface area (Å²) >= 11 is 0. The number of fused-ring (bicyclic) bond motifs is 3. The second kappa shape index (κ2) is 8.64. The van der Waals surface area contributed by atoms with Crippen molar-refractivity contribution in [1.29, 1.82) is 0 Å². The third kappa shape index (κ3) is 3.94. The van der Waals surface area contributed by atoms with Crippen molar-refractivity contribution in [3.63, 3.8) is 0 Å². The number of rotatable bonds is 4. The van der Waals surface area contributed by atoms with Gasteiger partial charge in [-0.1, -0.05) is 54.1 Å². The van der Waals surface area contributed by atoms with Crippen molar-refractivity contribution < 1.29 is 9.53 Å². The number of carbonyl (C=O) groups is 1. The topological polar surface area (TPSA) is 74.6 Å². The normalized spacial score (nSPS) is 15.4. The first-order valence-electron chi connectivity index (χ1n) is 11.2. The first kappa shape index (κ1) is 21.1. The summed E-state index contributed by atoms with van der Waals surface area (Å²) in [5, 5.41) is 2.54. The van der Waals surface area contributed by atoms with Gasteiger partial charge in [-0.2, -0.15) is 0 Å². The fourth-order valence-corrected chi connectivity index (χ4v) is 4.75. The number of H-pyrrole nitrogens is 1. The van der Waals surface area contributed by atoms with E-state index < -0.39 is 0 Å². The molecule has 5 rings (SSSR count). The fourth-order valence-electron chi connectivity index (χ4n) is 4.75. The van der Waals surface area contributed by atoms with Crippen molar-refractivity contribution in [2.45, 2.75) is 25.9 Å². The van der Waals surface area contributed by atoms with Crippen molar-refractivity contribution in [2.24, 2.45) is 5.84 Å². The van der Waals surface area contributed by atoms with Gasteiger partial charge in [-0.25, -0.2) is 10.6 Å². The van der Waals surface area contributed by atoms with Crippen LogP contribution in [-0.2, 0) is 13.0 Å². The van der Waals surface area contributed by atoms with Crippen LogP contribution >= 0.6 is 0 Å². The van der Waals surface area contributed by atoms with Gasteiger partial charge in [0.15, 0.2) is 0 Å². The predicted octanol–water partition coefficient (Wildman–Crippen LogP) is 4.93. The molecule has 1 aliphatic heterocycles. The van der Waals surface area contributed by atoms with E-state index >= 15 is 0 Å². The molecule has 0 aliphatic carbocycles. The highest BCUT2D eigenvalue weighted by Gasteiger charge is 2.36. The molecule has 1 atom stereocenters. The molecule has 0 fully saturated rings. The number of nitrogens with zero attached hydrogens (tertiary/aromatic N) is 2. The lowest BCUT2D eigenvalue weighted by molar-refractivity contribution is 0.134. The number of hydrazine groups is 1. The average molecular weight is 441 g/mol. The molecule has 1 unspecified atom stereocenters. The monoisotopic (exact) mass is 440 g/mol. The number of amides is 2. The Morgan fingerprint density at radius 1 is 1.12 bits per heavy atom. The summed E-state index contributed by atoms with van der Waals surface area (Å²) in [7, 11) is 1.65. The van der Waals surface area contributed by atoms with Gasteiger partial charge in [-0.05, 0) is 54.3 Å². The van der Waals surface area contributed by atoms with Gasteiger partial charge < -0.3 is 14.6 Å². The lowest BCUT2D eigenvalue weighted by Crippen LogP contribution is -2.50. The van der Waals surface area contributed by atoms with E-state index in [1.165, 1.54) is 21.5 Å². The standard InChI is InChI=1S/C27H28N4O2/c1-18-8-13-24-23(16-18)22-14-15-30(27(32)31(28)17-19-6-4-3-5-7-19)26(25(22)29-24)20-9-11-21(33-2)12-10-20/h3-13,16,26,29H,14-15,17,28H2,1-2H3. The summed E-state index contributed by atoms with van der Waals surface area (Å²) < 4.78 is 5.35. The minimum atomic E-state index is -0.262. The van der Waals surface area contributed by atoms with Gasteiger partial charge in [-0.15, -0.1) is 0 Å². The average Bonchev–Trinajstić information content (AvgIpc) is 3.21. The van der Waals surface area contributed by atoms with Crippen LogP contribution in [0.15, 0.2) is 72.8 Å². The van der Waals surface area contributed by atoms with Gasteiger partial charge in [0.1, 0.15) is 5.75 Å². The molecule has 3 N–H and O–H groups in total. The Labute approximate surface area is 193 Å². The van der Waals surface area contributed by atoms with Crippen molar-refractivity contribution in [1.82, 2.24) is 14.9 Å². The van der Waals surface area contributed by atoms with Crippen LogP contribution in [0.3, 0.4) is 0 Å². The van der Waals surface area contributed by atoms with Gasteiger partial charge in [0.05, 0.1) is 19.7 Å². The molecule has 2 amide bonds. The number of nitrogens with one attached hydrogen (secondary N) is 1. The van der Waals surface area contributed by atoms with E-state index in [1.54, 1.807) is 7.11 Å². The number of methoxy groups -OCH3 is 1. The molecule has 6 heteroatoms. The Kier molecular flexibility index (Phi) is 5.52. The molecule has 2 heterocycles. The number of urea groups is 1. The van der Waals surface area contributed by atoms with E-state index in [2.05, 4.69) is 30.1 Å². The van der Waals surface area contributed by atoms with Crippen molar-refractivity contribution in [3.8, 4) is 5.75 Å². The first-order chi connectivity index (χ1) is 16.0. The lowest BCUT2D eigenvalue weighted by atomic mass is 9.92. The van der Waals surface area contributed by atoms with E-state index in [0.29, 0.717) is 13.1 Å². The molecule has 0 radical (unpaired) electrons. The Hall–Kier alpha value is -3.77. The van der Waals surface area contributed by atoms with Gasteiger partial charge >= 0.3 is 6.03 Å². The Bertz CT molecular complexity index is 1280. The van der Waals surface area contributed by atoms with Gasteiger partial charge in [0.2, 0.25) is 0 Å². The maximum absolute atomic E-state index is 13.6. The minimum absolute atomic E-state index is 0.194. The van der Waals surface area contributed by atoms with Crippen LogP contribution in [0.25, 0.3) is 10.9 Å². The molecule has 1 aromatic heterocycles. The number of ether oxygens (including phenoxy) is 1. The molecule has 1 aliphatic rings. The summed E-state index contributed by atoms with van der Waals surface area (Å²) in [5.74, 6) is 7.07. The van der Waals surface area contributed by atoms with E-state index in [4.69, 9.17) is 10.6 Å². The molecule has 0 saturated carbocycles. The lowest BCUT2D eigenvalue weighted by Gasteiger charge is -2.38. The van der Waals surface area contributed by atoms with E-state index in [9.17, 15) is 4.79 Å². The molecular weight excluding hydrogens is 412 g/mol. The summed E-state index contributed by atoms with van der Waals surface area (Å²) in [6.07, 6.45) is 0.774. The predicted molar refractivity (Wildman–Crippen MR) is 130 cm³/mol. The molecule has 0 saturated heterocycles. The van der Waals surface area contributed by atoms with Crippen molar-refractivity contribution in [2.75, 3.05) is 13.7 Å². The molecule has 6 nitrogen and oxygen atoms in total. The molecule has 168 valence electrons. The highest BCUT2D eigenvalue weighted by molar-refractivity contribution is 5.87. The van der Waals surface area contributed by atoms with Crippen LogP contribution in [0.2, 0.25) is 0 Å². The number of nitrogens with two attached hydrogens (primary N) is 1. The van der Waals surface area contributed by atoms with Crippen molar-refractivity contribution in [3.05, 3.63) is 101 Å². The smallest absolute Gasteiger partial charge is 0.335 e. The van der Waals surface area contributed by atoms with Crippen LogP contribution in [0.5, 0.6) is 5.75 Å². The number of benzene rings is 3. The van der Waals surface area contributed by atoms with Crippen LogP contribution < -0.4 is 10.6 Å². The third-order valence-electron chi connectivity index (χ3n) is 6.40. The Morgan fingerprint density at radius 2 is 1.88 bits per heavy atom. The maximum atomic E-state index is 13.6. The largest absolute Gasteiger partial charge is 0.497 e. The molecular formula is C27H28N4O2. The van der Waals surface area contributed by atoms with Crippen LogP contribution in [0, 0.1) is 6.92 Å². The SMILES string of the molecule is COc1ccc(C2c3[nH]c4ccc(C)cc4c3CCN2C(=O)N(N)Cc2ccccc2)cc1. The maximum Gasteiger partial charge on any atom is 0.335 e. The van der Waals surface area contributed by atoms with Gasteiger partial charge in [0, 0.05) is 23.1 Å². The quantitative estimate of drug-likeness (QED) is 0.268. The third-order valence-corrected chi connectivity index (χ3v) is 6.40. The molecule has 4 aromatic rings. The van der Waals surface area contributed by atoms with E-state index in [1.807, 2.05) is 59.5 Å². The van der Waals surface area contributed by atoms with Crippen LogP contribution in [-0.4, -0.2) is 34.6 Å². The molecule has 0 bridgehead atoms. The highest BCUT2D eigenvalue weighted by atomic mass is 16.5. The summed E-state index contributed by atoms with van der Waals surface area (Å²) in [6, 6.07) is 23.7. The number of aromatic nitrogens is 1. The number of aromatic amines is 1. The van der Waals surface area contributed by atoms with Gasteiger partial charge in [-0.3, -0.25) is 5.01 Å². The number of hydrogen-bond acceptors (Lipinski definition) is 3. The van der Waals surface area contributed by atoms with Gasteiger partial charge in [0.25, 0.3) is 0 Å². The summed E-state index contributed by atoms with van der Waals surface area (Å²) in [4.78, 5) is 19.1. The summed E-state index contributed by atoms with van der Waals surface area (Å²) in [6.45, 7) is 3.05. The highest BCUT2D eigenvalue weighted by Crippen LogP contribution is 2.39. The molecule has 33 heavy (non-hydrogen) atoms. The Balaban J connectivity index is 1.55. The second-order valence-electron chi connectivity index (χ2n) is 8.58. The van der Waals surface area contributed by atoms with E-state index in [-0.39, 0.29) is 12.1 Å². The minimum Gasteiger partial charge on any atom is -0.497 e. The zero-order valence-corrected chi connectivity index (χ0v) is 18.9. The fraction of sp³-hybridized carbons (Fsp3) is 0.222. The first-order valence-corrected chi connectivity index (χ1v) is 11.2. The Morgan fingerprint density at radius 3 is 2.61 bits per heavy atom.